The van der Waals surface area contributed by atoms with Crippen LogP contribution in [0.15, 0.2) is 18.2 Å². The average molecular weight is 205 g/mol. The molecule has 0 unspecified atom stereocenters. The number of nitrogen functional groups attached to an aromatic ring is 1. The molecule has 0 atom stereocenters. The molecule has 0 bridgehead atoms. The van der Waals surface area contributed by atoms with Crippen LogP contribution in [0.3, 0.4) is 0 Å². The molecule has 2 rings (SSSR count). The Morgan fingerprint density at radius 2 is 2.20 bits per heavy atom. The lowest BCUT2D eigenvalue weighted by molar-refractivity contribution is 0.603. The van der Waals surface area contributed by atoms with Gasteiger partial charge in [-0.05, 0) is 30.9 Å². The first-order valence-electron chi connectivity index (χ1n) is 5.66. The van der Waals surface area contributed by atoms with Gasteiger partial charge >= 0.3 is 0 Å². The summed E-state index contributed by atoms with van der Waals surface area (Å²) in [5.74, 6) is 2.31. The Morgan fingerprint density at radius 3 is 2.73 bits per heavy atom. The van der Waals surface area contributed by atoms with Crippen LogP contribution < -0.4 is 10.6 Å². The predicted octanol–water partition coefficient (Wildman–Crippen LogP) is 2.29. The lowest BCUT2D eigenvalue weighted by Crippen LogP contribution is -2.30. The van der Waals surface area contributed by atoms with Crippen LogP contribution in [0, 0.1) is 5.92 Å². The topological polar surface area (TPSA) is 42.1 Å². The van der Waals surface area contributed by atoms with Crippen molar-refractivity contribution in [2.75, 3.05) is 17.2 Å². The fraction of sp³-hybridized carbons (Fsp3) is 0.583. The van der Waals surface area contributed by atoms with E-state index in [1.165, 1.54) is 12.8 Å². The zero-order valence-corrected chi connectivity index (χ0v) is 9.48. The lowest BCUT2D eigenvalue weighted by atomic mass is 10.2. The van der Waals surface area contributed by atoms with E-state index >= 15 is 0 Å². The second-order valence-corrected chi connectivity index (χ2v) is 4.70. The molecular weight excluding hydrogens is 186 g/mol. The maximum atomic E-state index is 5.71. The SMILES string of the molecule is CC(C)CN(c1cccc(N)n1)C1CC1. The van der Waals surface area contributed by atoms with Gasteiger partial charge in [0.05, 0.1) is 0 Å². The fourth-order valence-electron chi connectivity index (χ4n) is 1.81. The molecule has 1 aromatic heterocycles. The van der Waals surface area contributed by atoms with E-state index < -0.39 is 0 Å². The highest BCUT2D eigenvalue weighted by molar-refractivity contribution is 5.46. The standard InChI is InChI=1S/C12H19N3/c1-9(2)8-15(10-6-7-10)12-5-3-4-11(13)14-12/h3-5,9-10H,6-8H2,1-2H3,(H2,13,14). The molecule has 3 heteroatoms. The Bertz CT molecular complexity index is 331. The van der Waals surface area contributed by atoms with E-state index in [0.717, 1.165) is 12.4 Å². The number of aromatic nitrogens is 1. The van der Waals surface area contributed by atoms with Gasteiger partial charge in [0, 0.05) is 12.6 Å². The molecule has 0 aromatic carbocycles. The van der Waals surface area contributed by atoms with E-state index in [0.29, 0.717) is 17.8 Å². The molecule has 1 aliphatic rings. The molecule has 0 saturated heterocycles. The molecule has 1 heterocycles. The van der Waals surface area contributed by atoms with Gasteiger partial charge in [-0.25, -0.2) is 4.98 Å². The van der Waals surface area contributed by atoms with Gasteiger partial charge in [0.1, 0.15) is 11.6 Å². The van der Waals surface area contributed by atoms with Crippen LogP contribution in [-0.4, -0.2) is 17.6 Å². The number of rotatable bonds is 4. The third-order valence-corrected chi connectivity index (χ3v) is 2.60. The number of hydrogen-bond donors (Lipinski definition) is 1. The average Bonchev–Trinajstić information content (AvgIpc) is 2.97. The Morgan fingerprint density at radius 1 is 1.47 bits per heavy atom. The van der Waals surface area contributed by atoms with Gasteiger partial charge in [0.2, 0.25) is 0 Å². The molecule has 82 valence electrons. The van der Waals surface area contributed by atoms with E-state index in [4.69, 9.17) is 5.73 Å². The minimum atomic E-state index is 0.613. The second-order valence-electron chi connectivity index (χ2n) is 4.70. The fourth-order valence-corrected chi connectivity index (χ4v) is 1.81. The van der Waals surface area contributed by atoms with Gasteiger partial charge in [-0.3, -0.25) is 0 Å². The van der Waals surface area contributed by atoms with E-state index in [1.807, 2.05) is 12.1 Å². The number of pyridine rings is 1. The van der Waals surface area contributed by atoms with Gasteiger partial charge in [-0.1, -0.05) is 19.9 Å². The number of anilines is 2. The first-order valence-corrected chi connectivity index (χ1v) is 5.66. The van der Waals surface area contributed by atoms with Crippen LogP contribution >= 0.6 is 0 Å². The van der Waals surface area contributed by atoms with Crippen LogP contribution in [0.1, 0.15) is 26.7 Å². The van der Waals surface area contributed by atoms with E-state index in [-0.39, 0.29) is 0 Å². The normalized spacial score (nSPS) is 15.7. The molecule has 15 heavy (non-hydrogen) atoms. The molecule has 3 nitrogen and oxygen atoms in total. The van der Waals surface area contributed by atoms with Crippen LogP contribution in [-0.2, 0) is 0 Å². The number of hydrogen-bond acceptors (Lipinski definition) is 3. The Labute approximate surface area is 91.3 Å². The molecular formula is C12H19N3. The predicted molar refractivity (Wildman–Crippen MR) is 63.9 cm³/mol. The summed E-state index contributed by atoms with van der Waals surface area (Å²) in [6, 6.07) is 6.57. The zero-order chi connectivity index (χ0) is 10.8. The van der Waals surface area contributed by atoms with Gasteiger partial charge in [0.15, 0.2) is 0 Å². The van der Waals surface area contributed by atoms with Crippen molar-refractivity contribution in [1.29, 1.82) is 0 Å². The van der Waals surface area contributed by atoms with Gasteiger partial charge in [0.25, 0.3) is 0 Å². The highest BCUT2D eigenvalue weighted by Crippen LogP contribution is 2.31. The van der Waals surface area contributed by atoms with E-state index in [2.05, 4.69) is 29.8 Å². The Kier molecular flexibility index (Phi) is 2.80. The van der Waals surface area contributed by atoms with Crippen molar-refractivity contribution < 1.29 is 0 Å². The molecule has 1 saturated carbocycles. The van der Waals surface area contributed by atoms with Gasteiger partial charge < -0.3 is 10.6 Å². The Hall–Kier alpha value is -1.25. The van der Waals surface area contributed by atoms with Crippen molar-refractivity contribution in [3.8, 4) is 0 Å². The van der Waals surface area contributed by atoms with Crippen molar-refractivity contribution >= 4 is 11.6 Å². The molecule has 1 aromatic rings. The van der Waals surface area contributed by atoms with Crippen LogP contribution in [0.5, 0.6) is 0 Å². The number of nitrogens with zero attached hydrogens (tertiary/aromatic N) is 2. The van der Waals surface area contributed by atoms with Crippen molar-refractivity contribution in [1.82, 2.24) is 4.98 Å². The van der Waals surface area contributed by atoms with Crippen molar-refractivity contribution in [3.63, 3.8) is 0 Å². The van der Waals surface area contributed by atoms with Crippen LogP contribution in [0.4, 0.5) is 11.6 Å². The summed E-state index contributed by atoms with van der Waals surface area (Å²) < 4.78 is 0. The summed E-state index contributed by atoms with van der Waals surface area (Å²) in [5, 5.41) is 0. The molecule has 0 aliphatic heterocycles. The first kappa shape index (κ1) is 10.3. The van der Waals surface area contributed by atoms with Gasteiger partial charge in [-0.15, -0.1) is 0 Å². The third kappa shape index (κ3) is 2.61. The molecule has 1 aliphatic carbocycles. The maximum Gasteiger partial charge on any atom is 0.131 e. The minimum absolute atomic E-state index is 0.613. The van der Waals surface area contributed by atoms with Crippen LogP contribution in [0.25, 0.3) is 0 Å². The third-order valence-electron chi connectivity index (χ3n) is 2.60. The van der Waals surface area contributed by atoms with Gasteiger partial charge in [-0.2, -0.15) is 0 Å². The van der Waals surface area contributed by atoms with E-state index in [9.17, 15) is 0 Å². The summed E-state index contributed by atoms with van der Waals surface area (Å²) >= 11 is 0. The molecule has 0 spiro atoms. The van der Waals surface area contributed by atoms with E-state index in [1.54, 1.807) is 0 Å². The lowest BCUT2D eigenvalue weighted by Gasteiger charge is -2.25. The maximum absolute atomic E-state index is 5.71. The summed E-state index contributed by atoms with van der Waals surface area (Å²) in [7, 11) is 0. The van der Waals surface area contributed by atoms with Crippen molar-refractivity contribution in [2.24, 2.45) is 5.92 Å². The van der Waals surface area contributed by atoms with Crippen molar-refractivity contribution in [3.05, 3.63) is 18.2 Å². The largest absolute Gasteiger partial charge is 0.384 e. The Balaban J connectivity index is 2.16. The minimum Gasteiger partial charge on any atom is -0.384 e. The van der Waals surface area contributed by atoms with Crippen LogP contribution in [0.2, 0.25) is 0 Å². The molecule has 1 fully saturated rings. The monoisotopic (exact) mass is 205 g/mol. The summed E-state index contributed by atoms with van der Waals surface area (Å²) in [4.78, 5) is 6.78. The summed E-state index contributed by atoms with van der Waals surface area (Å²) in [6.45, 7) is 5.55. The zero-order valence-electron chi connectivity index (χ0n) is 9.48. The number of nitrogens with two attached hydrogens (primary N) is 1. The quantitative estimate of drug-likeness (QED) is 0.820. The molecule has 0 amide bonds. The summed E-state index contributed by atoms with van der Waals surface area (Å²) in [5.41, 5.74) is 5.71. The smallest absolute Gasteiger partial charge is 0.131 e. The highest BCUT2D eigenvalue weighted by atomic mass is 15.2. The molecule has 2 N–H and O–H groups in total. The van der Waals surface area contributed by atoms with Crippen molar-refractivity contribution in [2.45, 2.75) is 32.7 Å². The summed E-state index contributed by atoms with van der Waals surface area (Å²) in [6.07, 6.45) is 2.59. The highest BCUT2D eigenvalue weighted by Gasteiger charge is 2.30. The molecule has 0 radical (unpaired) electrons. The second kappa shape index (κ2) is 4.09. The first-order chi connectivity index (χ1) is 7.16.